The van der Waals surface area contributed by atoms with E-state index in [4.69, 9.17) is 4.98 Å². The Bertz CT molecular complexity index is 1440. The van der Waals surface area contributed by atoms with Crippen LogP contribution >= 0.6 is 22.7 Å². The van der Waals surface area contributed by atoms with Crippen LogP contribution in [0.15, 0.2) is 96.5 Å². The van der Waals surface area contributed by atoms with Gasteiger partial charge in [0.15, 0.2) is 6.04 Å². The highest BCUT2D eigenvalue weighted by atomic mass is 32.1. The Balaban J connectivity index is 1.34. The van der Waals surface area contributed by atoms with Gasteiger partial charge < -0.3 is 0 Å². The van der Waals surface area contributed by atoms with E-state index in [1.165, 1.54) is 20.2 Å². The fourth-order valence-electron chi connectivity index (χ4n) is 4.31. The van der Waals surface area contributed by atoms with Crippen LogP contribution < -0.4 is 9.88 Å². The number of nitrogens with zero attached hydrogens (tertiary/aromatic N) is 2. The maximum atomic E-state index is 13.5. The summed E-state index contributed by atoms with van der Waals surface area (Å²) < 4.78 is 1.77. The van der Waals surface area contributed by atoms with E-state index < -0.39 is 0 Å². The molecule has 4 nitrogen and oxygen atoms in total. The maximum absolute atomic E-state index is 13.5. The summed E-state index contributed by atoms with van der Waals surface area (Å²) in [5.41, 5.74) is 3.86. The third kappa shape index (κ3) is 4.06. The first-order valence-electron chi connectivity index (χ1n) is 11.2. The van der Waals surface area contributed by atoms with E-state index in [9.17, 15) is 4.79 Å². The average molecular weight is 481 g/mol. The van der Waals surface area contributed by atoms with Gasteiger partial charge in [-0.15, -0.1) is 22.7 Å². The summed E-state index contributed by atoms with van der Waals surface area (Å²) in [4.78, 5) is 22.2. The zero-order valence-corrected chi connectivity index (χ0v) is 20.0. The van der Waals surface area contributed by atoms with Crippen LogP contribution in [-0.4, -0.2) is 16.9 Å². The lowest BCUT2D eigenvalue weighted by molar-refractivity contribution is -0.552. The molecule has 0 bridgehead atoms. The summed E-state index contributed by atoms with van der Waals surface area (Å²) >= 11 is 3.50. The van der Waals surface area contributed by atoms with Crippen LogP contribution in [0.5, 0.6) is 0 Å². The second-order valence-corrected chi connectivity index (χ2v) is 10.4. The SMILES string of the molecule is O=C1C(Cc2ccc(-c3cccs3)s2)Nc2c(Cc3ccccc3)nc(-c3ccccc3)c[n+]21. The average Bonchev–Trinajstić information content (AvgIpc) is 3.63. The van der Waals surface area contributed by atoms with E-state index in [0.29, 0.717) is 12.8 Å². The lowest BCUT2D eigenvalue weighted by Gasteiger charge is -2.07. The minimum absolute atomic E-state index is 0.0648. The lowest BCUT2D eigenvalue weighted by Crippen LogP contribution is -2.44. The van der Waals surface area contributed by atoms with Gasteiger partial charge >= 0.3 is 11.7 Å². The van der Waals surface area contributed by atoms with Crippen molar-refractivity contribution in [3.8, 4) is 21.0 Å². The highest BCUT2D eigenvalue weighted by Crippen LogP contribution is 2.33. The van der Waals surface area contributed by atoms with Crippen LogP contribution in [0, 0.1) is 0 Å². The standard InChI is InChI=1S/C28H21N3OS2/c32-28-23(17-21-13-14-26(34-21)25-12-7-15-33-25)30-27-22(16-19-8-3-1-4-9-19)29-24(18-31(27)28)20-10-5-2-6-11-20/h1-15,18,23H,16-17H2/p+1. The third-order valence-electron chi connectivity index (χ3n) is 5.98. The second kappa shape index (κ2) is 8.97. The van der Waals surface area contributed by atoms with Crippen molar-refractivity contribution in [2.24, 2.45) is 0 Å². The Labute approximate surface area is 206 Å². The Kier molecular flexibility index (Phi) is 5.53. The number of thiophene rings is 2. The Morgan fingerprint density at radius 2 is 1.68 bits per heavy atom. The number of fused-ring (bicyclic) bond motifs is 1. The first-order chi connectivity index (χ1) is 16.7. The Morgan fingerprint density at radius 3 is 2.44 bits per heavy atom. The number of rotatable bonds is 6. The molecular formula is C28H22N3OS2+. The second-order valence-electron chi connectivity index (χ2n) is 8.30. The van der Waals surface area contributed by atoms with Crippen molar-refractivity contribution in [1.29, 1.82) is 0 Å². The van der Waals surface area contributed by atoms with Gasteiger partial charge in [0.2, 0.25) is 0 Å². The largest absolute Gasteiger partial charge is 0.359 e. The molecular weight excluding hydrogens is 458 g/mol. The van der Waals surface area contributed by atoms with E-state index in [2.05, 4.69) is 47.1 Å². The fraction of sp³-hybridized carbons (Fsp3) is 0.107. The topological polar surface area (TPSA) is 45.9 Å². The molecule has 3 aromatic heterocycles. The predicted molar refractivity (Wildman–Crippen MR) is 138 cm³/mol. The number of carbonyl (C=O) groups is 1. The molecule has 4 heterocycles. The zero-order valence-electron chi connectivity index (χ0n) is 18.3. The number of hydrogen-bond donors (Lipinski definition) is 1. The highest BCUT2D eigenvalue weighted by molar-refractivity contribution is 7.21. The number of nitrogens with one attached hydrogen (secondary N) is 1. The third-order valence-corrected chi connectivity index (χ3v) is 8.16. The minimum atomic E-state index is -0.308. The van der Waals surface area contributed by atoms with Crippen LogP contribution in [0.4, 0.5) is 5.82 Å². The molecule has 2 aromatic carbocycles. The molecule has 34 heavy (non-hydrogen) atoms. The minimum Gasteiger partial charge on any atom is -0.258 e. The van der Waals surface area contributed by atoms with Gasteiger partial charge in [0, 0.05) is 33.0 Å². The molecule has 1 atom stereocenters. The number of carbonyl (C=O) groups excluding carboxylic acids is 1. The molecule has 6 rings (SSSR count). The van der Waals surface area contributed by atoms with Gasteiger partial charge in [0.1, 0.15) is 17.6 Å². The number of benzene rings is 2. The van der Waals surface area contributed by atoms with Crippen LogP contribution in [0.25, 0.3) is 21.0 Å². The van der Waals surface area contributed by atoms with Gasteiger partial charge in [-0.05, 0) is 29.1 Å². The summed E-state index contributed by atoms with van der Waals surface area (Å²) in [7, 11) is 0. The van der Waals surface area contributed by atoms with E-state index in [1.54, 1.807) is 27.2 Å². The molecule has 1 aliphatic rings. The van der Waals surface area contributed by atoms with Gasteiger partial charge in [0.25, 0.3) is 0 Å². The molecule has 0 saturated carbocycles. The number of aromatic nitrogens is 2. The van der Waals surface area contributed by atoms with Crippen LogP contribution in [0.2, 0.25) is 0 Å². The molecule has 5 aromatic rings. The molecule has 0 amide bonds. The molecule has 1 unspecified atom stereocenters. The van der Waals surface area contributed by atoms with Crippen LogP contribution in [-0.2, 0) is 12.8 Å². The molecule has 0 spiro atoms. The zero-order chi connectivity index (χ0) is 22.9. The van der Waals surface area contributed by atoms with E-state index in [1.807, 2.05) is 54.7 Å². The summed E-state index contributed by atoms with van der Waals surface area (Å²) in [6.07, 6.45) is 3.19. The van der Waals surface area contributed by atoms with Crippen molar-refractivity contribution < 1.29 is 9.36 Å². The predicted octanol–water partition coefficient (Wildman–Crippen LogP) is 6.09. The van der Waals surface area contributed by atoms with Crippen LogP contribution in [0.3, 0.4) is 0 Å². The van der Waals surface area contributed by atoms with Crippen molar-refractivity contribution in [3.05, 3.63) is 113 Å². The maximum Gasteiger partial charge on any atom is 0.359 e. The monoisotopic (exact) mass is 480 g/mol. The van der Waals surface area contributed by atoms with Crippen molar-refractivity contribution in [1.82, 2.24) is 4.98 Å². The lowest BCUT2D eigenvalue weighted by atomic mass is 10.1. The van der Waals surface area contributed by atoms with Crippen molar-refractivity contribution in [3.63, 3.8) is 0 Å². The van der Waals surface area contributed by atoms with E-state index in [-0.39, 0.29) is 11.9 Å². The first kappa shape index (κ1) is 21.0. The first-order valence-corrected chi connectivity index (χ1v) is 12.9. The summed E-state index contributed by atoms with van der Waals surface area (Å²) in [6.45, 7) is 0. The molecule has 0 aliphatic carbocycles. The molecule has 1 aliphatic heterocycles. The van der Waals surface area contributed by atoms with Gasteiger partial charge in [-0.3, -0.25) is 5.32 Å². The van der Waals surface area contributed by atoms with Crippen molar-refractivity contribution >= 4 is 34.4 Å². The number of hydrogen-bond acceptors (Lipinski definition) is 5. The van der Waals surface area contributed by atoms with Crippen molar-refractivity contribution in [2.75, 3.05) is 5.32 Å². The normalized spacial score (nSPS) is 14.7. The van der Waals surface area contributed by atoms with Crippen LogP contribution in [0.1, 0.15) is 20.9 Å². The van der Waals surface area contributed by atoms with Gasteiger partial charge in [-0.1, -0.05) is 66.7 Å². The number of anilines is 1. The van der Waals surface area contributed by atoms with Gasteiger partial charge in [-0.2, -0.15) is 4.57 Å². The molecule has 0 radical (unpaired) electrons. The van der Waals surface area contributed by atoms with Gasteiger partial charge in [0.05, 0.1) is 0 Å². The van der Waals surface area contributed by atoms with E-state index >= 15 is 0 Å². The molecule has 0 fully saturated rings. The fourth-order valence-corrected chi connectivity index (χ4v) is 6.20. The molecule has 6 heteroatoms. The Hall–Kier alpha value is -3.61. The van der Waals surface area contributed by atoms with E-state index in [0.717, 1.165) is 22.8 Å². The summed E-state index contributed by atoms with van der Waals surface area (Å²) in [5, 5.41) is 5.60. The van der Waals surface area contributed by atoms with Crippen molar-refractivity contribution in [2.45, 2.75) is 18.9 Å². The molecule has 0 saturated heterocycles. The summed E-state index contributed by atoms with van der Waals surface area (Å²) in [5.74, 6) is 0.864. The Morgan fingerprint density at radius 1 is 0.882 bits per heavy atom. The molecule has 166 valence electrons. The smallest absolute Gasteiger partial charge is 0.258 e. The quantitative estimate of drug-likeness (QED) is 0.299. The highest BCUT2D eigenvalue weighted by Gasteiger charge is 2.41. The summed E-state index contributed by atoms with van der Waals surface area (Å²) in [6, 6.07) is 28.5. The van der Waals surface area contributed by atoms with Gasteiger partial charge in [-0.25, -0.2) is 9.78 Å². The molecule has 1 N–H and O–H groups in total.